The molecule has 1 saturated carbocycles. The summed E-state index contributed by atoms with van der Waals surface area (Å²) in [6.45, 7) is 0.667. The lowest BCUT2D eigenvalue weighted by atomic mass is 10.1. The lowest BCUT2D eigenvalue weighted by molar-refractivity contribution is 0.249. The van der Waals surface area contributed by atoms with Gasteiger partial charge < -0.3 is 16.4 Å². The van der Waals surface area contributed by atoms with Gasteiger partial charge in [0.05, 0.1) is 0 Å². The number of urea groups is 1. The van der Waals surface area contributed by atoms with E-state index in [2.05, 4.69) is 10.6 Å². The highest BCUT2D eigenvalue weighted by Crippen LogP contribution is 2.22. The zero-order valence-electron chi connectivity index (χ0n) is 9.86. The number of para-hydroxylation sites is 1. The molecule has 2 rings (SSSR count). The molecule has 0 aliphatic heterocycles. The van der Waals surface area contributed by atoms with Crippen LogP contribution < -0.4 is 16.4 Å². The number of anilines is 1. The number of carbonyl (C=O) groups is 1. The third-order valence-corrected chi connectivity index (χ3v) is 3.27. The molecule has 1 aliphatic rings. The van der Waals surface area contributed by atoms with E-state index in [1.54, 1.807) is 0 Å². The van der Waals surface area contributed by atoms with Crippen molar-refractivity contribution in [2.24, 2.45) is 11.7 Å². The highest BCUT2D eigenvalue weighted by Gasteiger charge is 2.23. The zero-order chi connectivity index (χ0) is 12.1. The normalized spacial score (nSPS) is 23.4. The average molecular weight is 233 g/mol. The first-order valence-electron chi connectivity index (χ1n) is 6.11. The van der Waals surface area contributed by atoms with Gasteiger partial charge in [0.25, 0.3) is 0 Å². The molecule has 0 heterocycles. The van der Waals surface area contributed by atoms with Crippen molar-refractivity contribution in [3.63, 3.8) is 0 Å². The minimum atomic E-state index is -0.157. The predicted octanol–water partition coefficient (Wildman–Crippen LogP) is 1.94. The maximum absolute atomic E-state index is 11.6. The van der Waals surface area contributed by atoms with Gasteiger partial charge >= 0.3 is 6.03 Å². The number of carbonyl (C=O) groups excluding carboxylic acids is 1. The summed E-state index contributed by atoms with van der Waals surface area (Å²) >= 11 is 0. The van der Waals surface area contributed by atoms with Crippen LogP contribution in [0.4, 0.5) is 10.5 Å². The fourth-order valence-electron chi connectivity index (χ4n) is 2.24. The summed E-state index contributed by atoms with van der Waals surface area (Å²) in [7, 11) is 0. The molecule has 0 radical (unpaired) electrons. The van der Waals surface area contributed by atoms with Crippen LogP contribution in [0.5, 0.6) is 0 Å². The number of nitrogens with one attached hydrogen (secondary N) is 2. The molecular weight excluding hydrogens is 214 g/mol. The number of benzene rings is 1. The largest absolute Gasteiger partial charge is 0.338 e. The molecule has 1 aromatic rings. The predicted molar refractivity (Wildman–Crippen MR) is 68.8 cm³/mol. The van der Waals surface area contributed by atoms with Crippen molar-refractivity contribution < 1.29 is 4.79 Å². The average Bonchev–Trinajstić information content (AvgIpc) is 2.74. The number of rotatable bonds is 3. The quantitative estimate of drug-likeness (QED) is 0.746. The first kappa shape index (κ1) is 11.9. The fourth-order valence-corrected chi connectivity index (χ4v) is 2.24. The Morgan fingerprint density at radius 1 is 1.29 bits per heavy atom. The van der Waals surface area contributed by atoms with Crippen molar-refractivity contribution in [3.8, 4) is 0 Å². The Labute approximate surface area is 102 Å². The van der Waals surface area contributed by atoms with Crippen molar-refractivity contribution in [2.45, 2.75) is 25.3 Å². The third-order valence-electron chi connectivity index (χ3n) is 3.27. The van der Waals surface area contributed by atoms with Gasteiger partial charge in [0.2, 0.25) is 0 Å². The van der Waals surface area contributed by atoms with Gasteiger partial charge in [-0.15, -0.1) is 0 Å². The van der Waals surface area contributed by atoms with Crippen LogP contribution in [0.15, 0.2) is 30.3 Å². The second-order valence-corrected chi connectivity index (χ2v) is 4.56. The zero-order valence-corrected chi connectivity index (χ0v) is 9.86. The fraction of sp³-hybridized carbons (Fsp3) is 0.462. The topological polar surface area (TPSA) is 67.1 Å². The summed E-state index contributed by atoms with van der Waals surface area (Å²) in [5.74, 6) is 0.427. The summed E-state index contributed by atoms with van der Waals surface area (Å²) in [6, 6.07) is 9.51. The molecule has 1 aliphatic carbocycles. The molecule has 17 heavy (non-hydrogen) atoms. The van der Waals surface area contributed by atoms with Crippen molar-refractivity contribution in [2.75, 3.05) is 11.9 Å². The van der Waals surface area contributed by atoms with Gasteiger partial charge in [0.15, 0.2) is 0 Å². The van der Waals surface area contributed by atoms with E-state index >= 15 is 0 Å². The molecule has 2 unspecified atom stereocenters. The Morgan fingerprint density at radius 3 is 2.71 bits per heavy atom. The van der Waals surface area contributed by atoms with Crippen LogP contribution in [-0.4, -0.2) is 18.6 Å². The van der Waals surface area contributed by atoms with E-state index in [0.717, 1.165) is 18.5 Å². The summed E-state index contributed by atoms with van der Waals surface area (Å²) < 4.78 is 0. The van der Waals surface area contributed by atoms with Gasteiger partial charge in [-0.3, -0.25) is 0 Å². The van der Waals surface area contributed by atoms with E-state index in [-0.39, 0.29) is 12.1 Å². The molecule has 2 atom stereocenters. The van der Waals surface area contributed by atoms with Gasteiger partial charge in [-0.25, -0.2) is 4.79 Å². The number of hydrogen-bond donors (Lipinski definition) is 3. The van der Waals surface area contributed by atoms with Gasteiger partial charge in [0.1, 0.15) is 0 Å². The minimum Gasteiger partial charge on any atom is -0.338 e. The SMILES string of the molecule is NC1CCCC1CNC(=O)Nc1ccccc1. The summed E-state index contributed by atoms with van der Waals surface area (Å²) in [5, 5.41) is 5.66. The molecule has 1 aromatic carbocycles. The highest BCUT2D eigenvalue weighted by atomic mass is 16.2. The van der Waals surface area contributed by atoms with Crippen LogP contribution in [0, 0.1) is 5.92 Å². The van der Waals surface area contributed by atoms with Crippen molar-refractivity contribution in [3.05, 3.63) is 30.3 Å². The molecule has 0 bridgehead atoms. The molecule has 4 N–H and O–H groups in total. The van der Waals surface area contributed by atoms with Crippen molar-refractivity contribution >= 4 is 11.7 Å². The molecule has 0 saturated heterocycles. The van der Waals surface area contributed by atoms with Crippen LogP contribution in [0.25, 0.3) is 0 Å². The Morgan fingerprint density at radius 2 is 2.06 bits per heavy atom. The van der Waals surface area contributed by atoms with E-state index in [0.29, 0.717) is 12.5 Å². The van der Waals surface area contributed by atoms with Crippen molar-refractivity contribution in [1.29, 1.82) is 0 Å². The summed E-state index contributed by atoms with van der Waals surface area (Å²) in [5.41, 5.74) is 6.75. The lowest BCUT2D eigenvalue weighted by Crippen LogP contribution is -2.37. The maximum Gasteiger partial charge on any atom is 0.319 e. The van der Waals surface area contributed by atoms with Gasteiger partial charge in [-0.2, -0.15) is 0 Å². The van der Waals surface area contributed by atoms with E-state index < -0.39 is 0 Å². The van der Waals surface area contributed by atoms with Gasteiger partial charge in [-0.1, -0.05) is 24.6 Å². The number of nitrogens with two attached hydrogens (primary N) is 1. The van der Waals surface area contributed by atoms with E-state index in [4.69, 9.17) is 5.73 Å². The molecular formula is C13H19N3O. The first-order chi connectivity index (χ1) is 8.25. The smallest absolute Gasteiger partial charge is 0.319 e. The Hall–Kier alpha value is -1.55. The van der Waals surface area contributed by atoms with Crippen LogP contribution >= 0.6 is 0 Å². The third kappa shape index (κ3) is 3.46. The molecule has 4 nitrogen and oxygen atoms in total. The molecule has 0 aromatic heterocycles. The Balaban J connectivity index is 1.74. The van der Waals surface area contributed by atoms with Gasteiger partial charge in [0, 0.05) is 18.3 Å². The maximum atomic E-state index is 11.6. The molecule has 1 fully saturated rings. The molecule has 4 heteroatoms. The minimum absolute atomic E-state index is 0.157. The molecule has 92 valence electrons. The van der Waals surface area contributed by atoms with Crippen LogP contribution in [-0.2, 0) is 0 Å². The second kappa shape index (κ2) is 5.68. The van der Waals surface area contributed by atoms with Crippen LogP contribution in [0.3, 0.4) is 0 Å². The van der Waals surface area contributed by atoms with E-state index in [9.17, 15) is 4.79 Å². The van der Waals surface area contributed by atoms with Crippen LogP contribution in [0.2, 0.25) is 0 Å². The lowest BCUT2D eigenvalue weighted by Gasteiger charge is -2.16. The summed E-state index contributed by atoms with van der Waals surface area (Å²) in [4.78, 5) is 11.6. The van der Waals surface area contributed by atoms with Crippen LogP contribution in [0.1, 0.15) is 19.3 Å². The Kier molecular flexibility index (Phi) is 3.98. The first-order valence-corrected chi connectivity index (χ1v) is 6.11. The molecule has 2 amide bonds. The number of amides is 2. The second-order valence-electron chi connectivity index (χ2n) is 4.56. The van der Waals surface area contributed by atoms with Crippen molar-refractivity contribution in [1.82, 2.24) is 5.32 Å². The molecule has 0 spiro atoms. The standard InChI is InChI=1S/C13H19N3O/c14-12-8-4-5-10(12)9-15-13(17)16-11-6-2-1-3-7-11/h1-3,6-7,10,12H,4-5,8-9,14H2,(H2,15,16,17). The highest BCUT2D eigenvalue weighted by molar-refractivity contribution is 5.89. The number of hydrogen-bond acceptors (Lipinski definition) is 2. The monoisotopic (exact) mass is 233 g/mol. The summed E-state index contributed by atoms with van der Waals surface area (Å²) in [6.07, 6.45) is 3.37. The van der Waals surface area contributed by atoms with E-state index in [1.165, 1.54) is 6.42 Å². The van der Waals surface area contributed by atoms with Gasteiger partial charge in [-0.05, 0) is 30.9 Å². The van der Waals surface area contributed by atoms with E-state index in [1.807, 2.05) is 30.3 Å². The Bertz CT molecular complexity index is 366.